The van der Waals surface area contributed by atoms with Crippen LogP contribution in [0.4, 0.5) is 0 Å². The molecule has 26 heavy (non-hydrogen) atoms. The van der Waals surface area contributed by atoms with Gasteiger partial charge in [0.15, 0.2) is 17.3 Å². The molecule has 136 valence electrons. The topological polar surface area (TPSA) is 113 Å². The summed E-state index contributed by atoms with van der Waals surface area (Å²) in [6.45, 7) is 2.57. The monoisotopic (exact) mass is 359 g/mol. The number of ether oxygens (including phenoxy) is 3. The standard InChI is InChI=1S/C17H17N3O6/c1-10-18-17(20-26-10)16(19-14(21)5-6-15(22)23-2)11-3-4-12-13(9-11)25-8-7-24-12/h3-6,9,16H,7-8H2,1-2H3,(H,19,21)/b6-5+. The molecule has 9 nitrogen and oxygen atoms in total. The van der Waals surface area contributed by atoms with Gasteiger partial charge in [-0.2, -0.15) is 4.98 Å². The molecule has 1 aromatic carbocycles. The van der Waals surface area contributed by atoms with E-state index in [1.165, 1.54) is 7.11 Å². The second-order valence-electron chi connectivity index (χ2n) is 5.37. The van der Waals surface area contributed by atoms with Crippen LogP contribution in [0.1, 0.15) is 23.3 Å². The Kier molecular flexibility index (Phi) is 5.16. The van der Waals surface area contributed by atoms with Gasteiger partial charge in [-0.25, -0.2) is 4.79 Å². The largest absolute Gasteiger partial charge is 0.486 e. The maximum absolute atomic E-state index is 12.2. The Morgan fingerprint density at radius 1 is 1.23 bits per heavy atom. The lowest BCUT2D eigenvalue weighted by atomic mass is 10.0. The van der Waals surface area contributed by atoms with E-state index in [1.807, 2.05) is 0 Å². The number of rotatable bonds is 5. The van der Waals surface area contributed by atoms with E-state index in [9.17, 15) is 9.59 Å². The van der Waals surface area contributed by atoms with Gasteiger partial charge < -0.3 is 24.1 Å². The van der Waals surface area contributed by atoms with Gasteiger partial charge in [-0.3, -0.25) is 4.79 Å². The van der Waals surface area contributed by atoms with Crippen LogP contribution in [-0.2, 0) is 14.3 Å². The number of nitrogens with one attached hydrogen (secondary N) is 1. The SMILES string of the molecule is COC(=O)/C=C/C(=O)NC(c1ccc2c(c1)OCCO2)c1noc(C)n1. The van der Waals surface area contributed by atoms with Crippen molar-refractivity contribution in [3.05, 3.63) is 47.6 Å². The smallest absolute Gasteiger partial charge is 0.330 e. The van der Waals surface area contributed by atoms with E-state index in [1.54, 1.807) is 25.1 Å². The fourth-order valence-corrected chi connectivity index (χ4v) is 2.37. The summed E-state index contributed by atoms with van der Waals surface area (Å²) in [4.78, 5) is 27.5. The number of fused-ring (bicyclic) bond motifs is 1. The number of esters is 1. The molecule has 1 unspecified atom stereocenters. The second kappa shape index (κ2) is 7.68. The Morgan fingerprint density at radius 2 is 2.00 bits per heavy atom. The fraction of sp³-hybridized carbons (Fsp3) is 0.294. The van der Waals surface area contributed by atoms with Gasteiger partial charge in [0, 0.05) is 19.1 Å². The van der Waals surface area contributed by atoms with Crippen LogP contribution in [-0.4, -0.2) is 42.3 Å². The molecule has 0 fully saturated rings. The molecule has 0 aliphatic carbocycles. The van der Waals surface area contributed by atoms with Gasteiger partial charge in [-0.15, -0.1) is 0 Å². The summed E-state index contributed by atoms with van der Waals surface area (Å²) in [5.41, 5.74) is 0.676. The molecule has 1 amide bonds. The molecule has 2 aromatic rings. The first-order valence-electron chi connectivity index (χ1n) is 7.83. The van der Waals surface area contributed by atoms with Crippen LogP contribution in [0.3, 0.4) is 0 Å². The van der Waals surface area contributed by atoms with Crippen molar-refractivity contribution >= 4 is 11.9 Å². The van der Waals surface area contributed by atoms with Gasteiger partial charge >= 0.3 is 5.97 Å². The average Bonchev–Trinajstić information content (AvgIpc) is 3.09. The Morgan fingerprint density at radius 3 is 2.69 bits per heavy atom. The highest BCUT2D eigenvalue weighted by molar-refractivity contribution is 5.94. The van der Waals surface area contributed by atoms with Gasteiger partial charge in [0.25, 0.3) is 0 Å². The lowest BCUT2D eigenvalue weighted by Crippen LogP contribution is -2.29. The van der Waals surface area contributed by atoms with E-state index in [2.05, 4.69) is 20.2 Å². The third kappa shape index (κ3) is 4.00. The zero-order chi connectivity index (χ0) is 18.5. The summed E-state index contributed by atoms with van der Waals surface area (Å²) < 4.78 is 20.6. The highest BCUT2D eigenvalue weighted by atomic mass is 16.6. The van der Waals surface area contributed by atoms with Crippen LogP contribution in [0.15, 0.2) is 34.9 Å². The molecule has 0 radical (unpaired) electrons. The van der Waals surface area contributed by atoms with E-state index in [4.69, 9.17) is 14.0 Å². The summed E-state index contributed by atoms with van der Waals surface area (Å²) in [5.74, 6) is 0.684. The highest BCUT2D eigenvalue weighted by Crippen LogP contribution is 2.33. The predicted octanol–water partition coefficient (Wildman–Crippen LogP) is 1.08. The molecule has 2 heterocycles. The molecule has 0 spiro atoms. The van der Waals surface area contributed by atoms with Gasteiger partial charge in [0.05, 0.1) is 7.11 Å². The maximum Gasteiger partial charge on any atom is 0.330 e. The first kappa shape index (κ1) is 17.5. The van der Waals surface area contributed by atoms with E-state index >= 15 is 0 Å². The zero-order valence-electron chi connectivity index (χ0n) is 14.2. The van der Waals surface area contributed by atoms with Crippen molar-refractivity contribution in [3.63, 3.8) is 0 Å². The molecule has 1 N–H and O–H groups in total. The Balaban J connectivity index is 1.88. The minimum absolute atomic E-state index is 0.277. The number of hydrogen-bond donors (Lipinski definition) is 1. The number of methoxy groups -OCH3 is 1. The molecule has 1 atom stereocenters. The van der Waals surface area contributed by atoms with Crippen molar-refractivity contribution in [1.82, 2.24) is 15.5 Å². The molecule has 0 saturated carbocycles. The normalized spacial score (nSPS) is 14.1. The second-order valence-corrected chi connectivity index (χ2v) is 5.37. The number of aryl methyl sites for hydroxylation is 1. The van der Waals surface area contributed by atoms with Crippen LogP contribution in [0.5, 0.6) is 11.5 Å². The summed E-state index contributed by atoms with van der Waals surface area (Å²) in [5, 5.41) is 6.61. The van der Waals surface area contributed by atoms with Crippen molar-refractivity contribution in [2.45, 2.75) is 13.0 Å². The summed E-state index contributed by atoms with van der Waals surface area (Å²) in [6.07, 6.45) is 2.10. The molecule has 0 bridgehead atoms. The van der Waals surface area contributed by atoms with Crippen molar-refractivity contribution in [2.24, 2.45) is 0 Å². The summed E-state index contributed by atoms with van der Waals surface area (Å²) >= 11 is 0. The van der Waals surface area contributed by atoms with Crippen LogP contribution in [0.2, 0.25) is 0 Å². The van der Waals surface area contributed by atoms with E-state index in [-0.39, 0.29) is 5.82 Å². The van der Waals surface area contributed by atoms with E-state index < -0.39 is 17.9 Å². The van der Waals surface area contributed by atoms with Crippen LogP contribution in [0.25, 0.3) is 0 Å². The molecule has 9 heteroatoms. The lowest BCUT2D eigenvalue weighted by Gasteiger charge is -2.21. The van der Waals surface area contributed by atoms with Crippen molar-refractivity contribution in [2.75, 3.05) is 20.3 Å². The molecular formula is C17H17N3O6. The molecule has 1 aliphatic rings. The minimum atomic E-state index is -0.696. The molecule has 1 aromatic heterocycles. The van der Waals surface area contributed by atoms with Gasteiger partial charge in [-0.05, 0) is 17.7 Å². The summed E-state index contributed by atoms with van der Waals surface area (Å²) in [6, 6.07) is 4.57. The first-order chi connectivity index (χ1) is 12.6. The van der Waals surface area contributed by atoms with Gasteiger partial charge in [0.2, 0.25) is 11.8 Å². The summed E-state index contributed by atoms with van der Waals surface area (Å²) in [7, 11) is 1.23. The first-order valence-corrected chi connectivity index (χ1v) is 7.83. The number of carbonyl (C=O) groups excluding carboxylic acids is 2. The van der Waals surface area contributed by atoms with Crippen LogP contribution < -0.4 is 14.8 Å². The molecular weight excluding hydrogens is 342 g/mol. The number of amides is 1. The number of hydrogen-bond acceptors (Lipinski definition) is 8. The van der Waals surface area contributed by atoms with E-state index in [0.717, 1.165) is 12.2 Å². The van der Waals surface area contributed by atoms with Crippen LogP contribution in [0, 0.1) is 6.92 Å². The third-order valence-corrected chi connectivity index (χ3v) is 3.56. The van der Waals surface area contributed by atoms with Gasteiger partial charge in [0.1, 0.15) is 19.3 Å². The predicted molar refractivity (Wildman–Crippen MR) is 87.6 cm³/mol. The molecule has 3 rings (SSSR count). The average molecular weight is 359 g/mol. The Labute approximate surface area is 148 Å². The molecule has 0 saturated heterocycles. The zero-order valence-corrected chi connectivity index (χ0v) is 14.2. The van der Waals surface area contributed by atoms with Gasteiger partial charge in [-0.1, -0.05) is 11.2 Å². The number of carbonyl (C=O) groups is 2. The van der Waals surface area contributed by atoms with Crippen molar-refractivity contribution in [1.29, 1.82) is 0 Å². The fourth-order valence-electron chi connectivity index (χ4n) is 2.37. The quantitative estimate of drug-likeness (QED) is 0.623. The Bertz CT molecular complexity index is 845. The highest BCUT2D eigenvalue weighted by Gasteiger charge is 2.23. The van der Waals surface area contributed by atoms with E-state index in [0.29, 0.717) is 36.2 Å². The number of benzene rings is 1. The molecule has 1 aliphatic heterocycles. The van der Waals surface area contributed by atoms with Crippen molar-refractivity contribution < 1.29 is 28.3 Å². The Hall–Kier alpha value is -3.36. The maximum atomic E-state index is 12.2. The van der Waals surface area contributed by atoms with Crippen LogP contribution >= 0.6 is 0 Å². The minimum Gasteiger partial charge on any atom is -0.486 e. The number of nitrogens with zero attached hydrogens (tertiary/aromatic N) is 2. The third-order valence-electron chi connectivity index (χ3n) is 3.56. The number of aromatic nitrogens is 2. The van der Waals surface area contributed by atoms with Crippen molar-refractivity contribution in [3.8, 4) is 11.5 Å². The lowest BCUT2D eigenvalue weighted by molar-refractivity contribution is -0.135.